The highest BCUT2D eigenvalue weighted by molar-refractivity contribution is 6.36. The van der Waals surface area contributed by atoms with Crippen LogP contribution in [0.5, 0.6) is 0 Å². The van der Waals surface area contributed by atoms with Crippen molar-refractivity contribution in [2.45, 2.75) is 20.8 Å². The lowest BCUT2D eigenvalue weighted by Gasteiger charge is -2.20. The quantitative estimate of drug-likeness (QED) is 0.143. The molecule has 1 aromatic heterocycles. The summed E-state index contributed by atoms with van der Waals surface area (Å²) in [5.74, 6) is -0.722. The third-order valence-corrected chi connectivity index (χ3v) is 9.44. The molecule has 0 radical (unpaired) electrons. The summed E-state index contributed by atoms with van der Waals surface area (Å²) >= 11 is 0. The van der Waals surface area contributed by atoms with Gasteiger partial charge in [-0.05, 0) is 78.4 Å². The Labute approximate surface area is 283 Å². The summed E-state index contributed by atoms with van der Waals surface area (Å²) in [5.41, 5.74) is 10.6. The first kappa shape index (κ1) is 29.6. The summed E-state index contributed by atoms with van der Waals surface area (Å²) in [6.45, 7) is 21.7. The average molecular weight is 633 g/mol. The van der Waals surface area contributed by atoms with Gasteiger partial charge in [0.15, 0.2) is 11.4 Å². The highest BCUT2D eigenvalue weighted by Crippen LogP contribution is 2.47. The van der Waals surface area contributed by atoms with E-state index in [1.54, 1.807) is 6.07 Å². The monoisotopic (exact) mass is 632 g/mol. The zero-order valence-corrected chi connectivity index (χ0v) is 27.1. The second-order valence-corrected chi connectivity index (χ2v) is 12.4. The third kappa shape index (κ3) is 4.32. The SMILES string of the molecule is [C-]#[N+]c1ccccc1-c1cccc2c1c1c(-c3ccccc3[N+]#[C-])cccc1n2-c1cccc2c1C(=O)N(c1c(C)cc(C)cc1C)C2=O. The van der Waals surface area contributed by atoms with E-state index in [4.69, 9.17) is 13.1 Å². The summed E-state index contributed by atoms with van der Waals surface area (Å²) in [6, 6.07) is 36.5. The molecule has 1 aliphatic heterocycles. The first-order chi connectivity index (χ1) is 23.8. The molecule has 0 bridgehead atoms. The molecule has 1 aliphatic rings. The molecule has 8 rings (SSSR count). The number of rotatable bonds is 4. The zero-order chi connectivity index (χ0) is 34.0. The van der Waals surface area contributed by atoms with Crippen LogP contribution in [0.15, 0.2) is 115 Å². The van der Waals surface area contributed by atoms with Crippen LogP contribution in [0, 0.1) is 33.9 Å². The van der Waals surface area contributed by atoms with Gasteiger partial charge < -0.3 is 4.57 Å². The number of amides is 2. The number of hydrogen-bond acceptors (Lipinski definition) is 2. The molecule has 0 unspecified atom stereocenters. The Balaban J connectivity index is 1.49. The van der Waals surface area contributed by atoms with E-state index in [1.165, 1.54) is 4.90 Å². The Kier molecular flexibility index (Phi) is 6.77. The van der Waals surface area contributed by atoms with Crippen molar-refractivity contribution in [3.63, 3.8) is 0 Å². The van der Waals surface area contributed by atoms with Gasteiger partial charge in [0, 0.05) is 10.8 Å². The number of anilines is 1. The van der Waals surface area contributed by atoms with Crippen molar-refractivity contribution in [3.05, 3.63) is 166 Å². The standard InChI is InChI=1S/C43H28N4O2/c1-25-23-26(2)41(27(3)24-25)47-42(48)32-17-12-22-37(40(32)43(47)49)46-35-20-10-15-30(28-13-6-8-18-33(28)44-4)38(35)39-31(16-11-21-36(39)46)29-14-7-9-19-34(29)45-5/h6-24H,1-3H3. The van der Waals surface area contributed by atoms with Gasteiger partial charge in [-0.1, -0.05) is 96.6 Å². The highest BCUT2D eigenvalue weighted by atomic mass is 16.2. The zero-order valence-electron chi connectivity index (χ0n) is 27.1. The van der Waals surface area contributed by atoms with Gasteiger partial charge in [-0.25, -0.2) is 14.6 Å². The summed E-state index contributed by atoms with van der Waals surface area (Å²) < 4.78 is 2.06. The van der Waals surface area contributed by atoms with Crippen molar-refractivity contribution in [3.8, 4) is 27.9 Å². The smallest absolute Gasteiger partial charge is 0.268 e. The minimum absolute atomic E-state index is 0.338. The van der Waals surface area contributed by atoms with Gasteiger partial charge in [0.2, 0.25) is 0 Å². The minimum Gasteiger partial charge on any atom is -0.308 e. The van der Waals surface area contributed by atoms with Crippen LogP contribution in [-0.4, -0.2) is 16.4 Å². The van der Waals surface area contributed by atoms with Crippen molar-refractivity contribution in [2.75, 3.05) is 4.90 Å². The maximum atomic E-state index is 14.6. The Morgan fingerprint density at radius 3 is 1.53 bits per heavy atom. The van der Waals surface area contributed by atoms with E-state index < -0.39 is 0 Å². The topological polar surface area (TPSA) is 51.0 Å². The van der Waals surface area contributed by atoms with Crippen LogP contribution in [0.3, 0.4) is 0 Å². The maximum absolute atomic E-state index is 14.6. The molecule has 6 aromatic carbocycles. The normalized spacial score (nSPS) is 12.4. The predicted octanol–water partition coefficient (Wildman–Crippen LogP) is 10.9. The second-order valence-electron chi connectivity index (χ2n) is 12.4. The largest absolute Gasteiger partial charge is 0.308 e. The van der Waals surface area contributed by atoms with Gasteiger partial charge in [0.05, 0.1) is 46.7 Å². The van der Waals surface area contributed by atoms with Crippen LogP contribution in [0.4, 0.5) is 17.1 Å². The van der Waals surface area contributed by atoms with E-state index in [9.17, 15) is 9.59 Å². The van der Waals surface area contributed by atoms with Gasteiger partial charge in [-0.2, -0.15) is 0 Å². The molecule has 0 N–H and O–H groups in total. The number of nitrogens with zero attached hydrogens (tertiary/aromatic N) is 4. The van der Waals surface area contributed by atoms with Gasteiger partial charge >= 0.3 is 0 Å². The summed E-state index contributed by atoms with van der Waals surface area (Å²) in [6.07, 6.45) is 0. The Hall–Kier alpha value is -6.76. The number of hydrogen-bond donors (Lipinski definition) is 0. The number of para-hydroxylation sites is 2. The summed E-state index contributed by atoms with van der Waals surface area (Å²) in [5, 5.41) is 1.78. The molecule has 2 heterocycles. The lowest BCUT2D eigenvalue weighted by Crippen LogP contribution is -2.31. The van der Waals surface area contributed by atoms with E-state index >= 15 is 0 Å². The lowest BCUT2D eigenvalue weighted by molar-refractivity contribution is 0.0925. The van der Waals surface area contributed by atoms with Crippen molar-refractivity contribution in [1.29, 1.82) is 0 Å². The molecule has 0 saturated heterocycles. The van der Waals surface area contributed by atoms with Crippen LogP contribution in [0.2, 0.25) is 0 Å². The van der Waals surface area contributed by atoms with E-state index in [0.717, 1.165) is 60.8 Å². The Morgan fingerprint density at radius 1 is 0.531 bits per heavy atom. The second kappa shape index (κ2) is 11.2. The number of imide groups is 1. The van der Waals surface area contributed by atoms with Crippen molar-refractivity contribution in [2.24, 2.45) is 0 Å². The van der Waals surface area contributed by atoms with Crippen LogP contribution in [-0.2, 0) is 0 Å². The molecular weight excluding hydrogens is 604 g/mol. The molecule has 6 heteroatoms. The number of aromatic nitrogens is 1. The van der Waals surface area contributed by atoms with Gasteiger partial charge in [0.25, 0.3) is 11.8 Å². The predicted molar refractivity (Wildman–Crippen MR) is 196 cm³/mol. The third-order valence-electron chi connectivity index (χ3n) is 9.44. The number of carbonyl (C=O) groups is 2. The first-order valence-electron chi connectivity index (χ1n) is 15.9. The molecule has 0 spiro atoms. The molecule has 0 fully saturated rings. The van der Waals surface area contributed by atoms with Crippen LogP contribution in [0.1, 0.15) is 37.4 Å². The molecule has 49 heavy (non-hydrogen) atoms. The van der Waals surface area contributed by atoms with Crippen LogP contribution >= 0.6 is 0 Å². The molecule has 2 amide bonds. The van der Waals surface area contributed by atoms with E-state index in [-0.39, 0.29) is 11.8 Å². The Morgan fingerprint density at radius 2 is 1.00 bits per heavy atom. The van der Waals surface area contributed by atoms with Gasteiger partial charge in [-0.3, -0.25) is 9.59 Å². The van der Waals surface area contributed by atoms with Crippen molar-refractivity contribution in [1.82, 2.24) is 4.57 Å². The van der Waals surface area contributed by atoms with Gasteiger partial charge in [-0.15, -0.1) is 0 Å². The summed E-state index contributed by atoms with van der Waals surface area (Å²) in [7, 11) is 0. The van der Waals surface area contributed by atoms with Crippen molar-refractivity contribution >= 4 is 50.7 Å². The van der Waals surface area contributed by atoms with E-state index in [0.29, 0.717) is 33.9 Å². The fourth-order valence-corrected chi connectivity index (χ4v) is 7.60. The number of aryl methyl sites for hydroxylation is 3. The molecule has 0 atom stereocenters. The number of benzene rings is 6. The van der Waals surface area contributed by atoms with Gasteiger partial charge in [0.1, 0.15) is 0 Å². The maximum Gasteiger partial charge on any atom is 0.268 e. The molecule has 0 saturated carbocycles. The van der Waals surface area contributed by atoms with E-state index in [2.05, 4.69) is 14.3 Å². The van der Waals surface area contributed by atoms with Crippen LogP contribution < -0.4 is 4.90 Å². The fourth-order valence-electron chi connectivity index (χ4n) is 7.60. The number of carbonyl (C=O) groups excluding carboxylic acids is 2. The number of fused-ring (bicyclic) bond motifs is 4. The first-order valence-corrected chi connectivity index (χ1v) is 15.9. The molecule has 0 aliphatic carbocycles. The molecule has 6 nitrogen and oxygen atoms in total. The van der Waals surface area contributed by atoms with E-state index in [1.807, 2.05) is 130 Å². The fraction of sp³-hybridized carbons (Fsp3) is 0.0698. The lowest BCUT2D eigenvalue weighted by atomic mass is 9.93. The molecule has 232 valence electrons. The molecule has 7 aromatic rings. The Bertz CT molecular complexity index is 2530. The average Bonchev–Trinajstić information content (AvgIpc) is 3.59. The minimum atomic E-state index is -0.371. The highest BCUT2D eigenvalue weighted by Gasteiger charge is 2.40. The molecular formula is C43H28N4O2. The summed E-state index contributed by atoms with van der Waals surface area (Å²) in [4.78, 5) is 37.7. The van der Waals surface area contributed by atoms with Crippen LogP contribution in [0.25, 0.3) is 59.4 Å². The van der Waals surface area contributed by atoms with Crippen molar-refractivity contribution < 1.29 is 9.59 Å².